The summed E-state index contributed by atoms with van der Waals surface area (Å²) in [6, 6.07) is 8.18. The van der Waals surface area contributed by atoms with Crippen LogP contribution in [0.3, 0.4) is 0 Å². The van der Waals surface area contributed by atoms with Gasteiger partial charge in [-0.25, -0.2) is 9.59 Å². The van der Waals surface area contributed by atoms with Gasteiger partial charge in [0.15, 0.2) is 0 Å². The monoisotopic (exact) mass is 555 g/mol. The Balaban J connectivity index is 1.43. The molecule has 0 radical (unpaired) electrons. The van der Waals surface area contributed by atoms with Crippen LogP contribution in [0.2, 0.25) is 0 Å². The van der Waals surface area contributed by atoms with Gasteiger partial charge in [-0.15, -0.1) is 34.4 Å². The molecule has 2 aliphatic carbocycles. The lowest BCUT2D eigenvalue weighted by molar-refractivity contribution is -0.115. The van der Waals surface area contributed by atoms with Crippen molar-refractivity contribution in [3.05, 3.63) is 57.0 Å². The van der Waals surface area contributed by atoms with E-state index in [1.54, 1.807) is 11.3 Å². The van der Waals surface area contributed by atoms with E-state index in [9.17, 15) is 14.4 Å². The number of aryl methyl sites for hydroxylation is 2. The van der Waals surface area contributed by atoms with Crippen molar-refractivity contribution >= 4 is 57.3 Å². The SMILES string of the molecule is COC(=O)c1c(NC(=O)C(C)Sc2sc3c(c2C(=O)OC)CCCCC3)sc2c1CCc1ccccc1-2. The summed E-state index contributed by atoms with van der Waals surface area (Å²) in [4.78, 5) is 41.1. The second kappa shape index (κ2) is 11.0. The molecule has 0 bridgehead atoms. The average molecular weight is 556 g/mol. The summed E-state index contributed by atoms with van der Waals surface area (Å²) in [5, 5.41) is 3.05. The molecule has 1 amide bonds. The van der Waals surface area contributed by atoms with Gasteiger partial charge in [0.25, 0.3) is 0 Å². The van der Waals surface area contributed by atoms with Crippen LogP contribution in [-0.4, -0.2) is 37.3 Å². The van der Waals surface area contributed by atoms with Crippen LogP contribution in [0.5, 0.6) is 0 Å². The highest BCUT2D eigenvalue weighted by Crippen LogP contribution is 2.46. The molecule has 6 nitrogen and oxygen atoms in total. The van der Waals surface area contributed by atoms with Crippen molar-refractivity contribution in [3.63, 3.8) is 0 Å². The summed E-state index contributed by atoms with van der Waals surface area (Å²) >= 11 is 4.41. The van der Waals surface area contributed by atoms with Crippen LogP contribution in [0, 0.1) is 0 Å². The Morgan fingerprint density at radius 1 is 0.892 bits per heavy atom. The van der Waals surface area contributed by atoms with Crippen LogP contribution in [0.4, 0.5) is 5.00 Å². The number of nitrogens with one attached hydrogen (secondary N) is 1. The number of thioether (sulfide) groups is 1. The smallest absolute Gasteiger partial charge is 0.341 e. The topological polar surface area (TPSA) is 81.7 Å². The minimum Gasteiger partial charge on any atom is -0.465 e. The van der Waals surface area contributed by atoms with Gasteiger partial charge in [0.1, 0.15) is 5.00 Å². The molecule has 0 saturated heterocycles. The summed E-state index contributed by atoms with van der Waals surface area (Å²) in [5.41, 5.74) is 5.42. The van der Waals surface area contributed by atoms with E-state index in [4.69, 9.17) is 9.47 Å². The third-order valence-corrected chi connectivity index (χ3v) is 10.8. The number of thiophene rings is 2. The molecule has 0 spiro atoms. The molecule has 0 fully saturated rings. The maximum Gasteiger partial charge on any atom is 0.341 e. The summed E-state index contributed by atoms with van der Waals surface area (Å²) in [5.74, 6) is -1.00. The number of esters is 2. The van der Waals surface area contributed by atoms with Gasteiger partial charge in [0.05, 0.1) is 34.8 Å². The van der Waals surface area contributed by atoms with Crippen molar-refractivity contribution < 1.29 is 23.9 Å². The lowest BCUT2D eigenvalue weighted by Gasteiger charge is -2.16. The predicted molar refractivity (Wildman–Crippen MR) is 149 cm³/mol. The second-order valence-electron chi connectivity index (χ2n) is 9.23. The highest BCUT2D eigenvalue weighted by Gasteiger charge is 2.32. The van der Waals surface area contributed by atoms with E-state index in [-0.39, 0.29) is 11.9 Å². The maximum atomic E-state index is 13.4. The number of anilines is 1. The number of benzene rings is 1. The van der Waals surface area contributed by atoms with Gasteiger partial charge >= 0.3 is 11.9 Å². The molecule has 0 aliphatic heterocycles. The van der Waals surface area contributed by atoms with Gasteiger partial charge < -0.3 is 14.8 Å². The fourth-order valence-corrected chi connectivity index (χ4v) is 9.23. The average Bonchev–Trinajstić information content (AvgIpc) is 3.36. The number of hydrogen-bond donors (Lipinski definition) is 1. The minimum atomic E-state index is -0.484. The van der Waals surface area contributed by atoms with Crippen molar-refractivity contribution in [2.75, 3.05) is 19.5 Å². The van der Waals surface area contributed by atoms with Crippen LogP contribution in [-0.2, 0) is 40.0 Å². The molecule has 2 aliphatic rings. The normalized spacial score (nSPS) is 15.0. The van der Waals surface area contributed by atoms with Gasteiger partial charge in [-0.2, -0.15) is 0 Å². The zero-order chi connectivity index (χ0) is 26.1. The van der Waals surface area contributed by atoms with Gasteiger partial charge in [-0.05, 0) is 67.7 Å². The fraction of sp³-hybridized carbons (Fsp3) is 0.393. The second-order valence-corrected chi connectivity index (χ2v) is 13.0. The van der Waals surface area contributed by atoms with Crippen LogP contribution in [0.25, 0.3) is 10.4 Å². The molecular formula is C28H29NO5S3. The maximum absolute atomic E-state index is 13.4. The Kier molecular flexibility index (Phi) is 7.74. The molecule has 2 heterocycles. The largest absolute Gasteiger partial charge is 0.465 e. The first-order valence-corrected chi connectivity index (χ1v) is 15.0. The molecule has 1 atom stereocenters. The van der Waals surface area contributed by atoms with Crippen molar-refractivity contribution in [2.45, 2.75) is 61.3 Å². The predicted octanol–water partition coefficient (Wildman–Crippen LogP) is 6.54. The molecule has 9 heteroatoms. The first-order valence-electron chi connectivity index (χ1n) is 12.5. The van der Waals surface area contributed by atoms with E-state index < -0.39 is 11.2 Å². The number of methoxy groups -OCH3 is 2. The minimum absolute atomic E-state index is 0.221. The number of ether oxygens (including phenoxy) is 2. The first-order chi connectivity index (χ1) is 17.9. The standard InChI is InChI=1S/C28H29NO5S3/c1-15(35-28-22(27(32)34-3)18-11-5-4-6-12-20(18)36-28)24(30)29-25-21(26(31)33-2)19-14-13-16-9-7-8-10-17(16)23(19)37-25/h7-10,15H,4-6,11-14H2,1-3H3,(H,29,30). The summed E-state index contributed by atoms with van der Waals surface area (Å²) < 4.78 is 11.0. The number of rotatable bonds is 6. The zero-order valence-corrected chi connectivity index (χ0v) is 23.6. The molecule has 2 aromatic heterocycles. The van der Waals surface area contributed by atoms with Crippen LogP contribution >= 0.6 is 34.4 Å². The van der Waals surface area contributed by atoms with Crippen LogP contribution in [0.15, 0.2) is 28.5 Å². The van der Waals surface area contributed by atoms with Gasteiger partial charge in [-0.3, -0.25) is 4.79 Å². The third-order valence-electron chi connectivity index (χ3n) is 6.97. The highest BCUT2D eigenvalue weighted by atomic mass is 32.2. The summed E-state index contributed by atoms with van der Waals surface area (Å²) in [7, 11) is 2.77. The Morgan fingerprint density at radius 2 is 1.62 bits per heavy atom. The number of hydrogen-bond acceptors (Lipinski definition) is 8. The van der Waals surface area contributed by atoms with E-state index in [1.165, 1.54) is 47.8 Å². The van der Waals surface area contributed by atoms with Gasteiger partial charge in [0, 0.05) is 9.75 Å². The van der Waals surface area contributed by atoms with Crippen molar-refractivity contribution in [3.8, 4) is 10.4 Å². The molecule has 5 rings (SSSR count). The third kappa shape index (κ3) is 4.96. The van der Waals surface area contributed by atoms with Crippen molar-refractivity contribution in [1.29, 1.82) is 0 Å². The molecule has 1 unspecified atom stereocenters. The molecule has 1 aromatic carbocycles. The summed E-state index contributed by atoms with van der Waals surface area (Å²) in [6.07, 6.45) is 6.69. The zero-order valence-electron chi connectivity index (χ0n) is 21.1. The van der Waals surface area contributed by atoms with Crippen molar-refractivity contribution in [1.82, 2.24) is 0 Å². The Labute approximate surface area is 228 Å². The van der Waals surface area contributed by atoms with Crippen LogP contribution < -0.4 is 5.32 Å². The molecule has 194 valence electrons. The summed E-state index contributed by atoms with van der Waals surface area (Å²) in [6.45, 7) is 1.83. The Morgan fingerprint density at radius 3 is 2.41 bits per heavy atom. The molecular weight excluding hydrogens is 527 g/mol. The number of carbonyl (C=O) groups is 3. The van der Waals surface area contributed by atoms with E-state index in [0.717, 1.165) is 70.7 Å². The van der Waals surface area contributed by atoms with Gasteiger partial charge in [-0.1, -0.05) is 30.7 Å². The first kappa shape index (κ1) is 26.0. The van der Waals surface area contributed by atoms with Crippen molar-refractivity contribution in [2.24, 2.45) is 0 Å². The molecule has 1 N–H and O–H groups in total. The fourth-order valence-electron chi connectivity index (χ4n) is 5.08. The molecule has 0 saturated carbocycles. The molecule has 37 heavy (non-hydrogen) atoms. The number of carbonyl (C=O) groups excluding carboxylic acids is 3. The van der Waals surface area contributed by atoms with E-state index in [0.29, 0.717) is 16.1 Å². The Bertz CT molecular complexity index is 1370. The number of amides is 1. The lowest BCUT2D eigenvalue weighted by atomic mass is 9.89. The number of fused-ring (bicyclic) bond motifs is 4. The van der Waals surface area contributed by atoms with E-state index in [2.05, 4.69) is 17.4 Å². The molecule has 3 aromatic rings. The van der Waals surface area contributed by atoms with E-state index >= 15 is 0 Å². The van der Waals surface area contributed by atoms with Gasteiger partial charge in [0.2, 0.25) is 5.91 Å². The quantitative estimate of drug-likeness (QED) is 0.211. The Hall–Kier alpha value is -2.62. The van der Waals surface area contributed by atoms with Crippen LogP contribution in [0.1, 0.15) is 68.5 Å². The highest BCUT2D eigenvalue weighted by molar-refractivity contribution is 8.02. The van der Waals surface area contributed by atoms with E-state index in [1.807, 2.05) is 19.1 Å². The lowest BCUT2D eigenvalue weighted by Crippen LogP contribution is -2.23.